The van der Waals surface area contributed by atoms with Crippen LogP contribution in [-0.4, -0.2) is 34.2 Å². The van der Waals surface area contributed by atoms with Gasteiger partial charge in [-0.05, 0) is 35.9 Å². The van der Waals surface area contributed by atoms with E-state index in [1.165, 1.54) is 40.6 Å². The van der Waals surface area contributed by atoms with E-state index >= 15 is 0 Å². The maximum Gasteiger partial charge on any atom is 0.225 e. The van der Waals surface area contributed by atoms with Crippen molar-refractivity contribution in [1.82, 2.24) is 0 Å². The molecule has 6 heteroatoms. The Morgan fingerprint density at radius 2 is 1.52 bits per heavy atom. The third kappa shape index (κ3) is 4.09. The summed E-state index contributed by atoms with van der Waals surface area (Å²) >= 11 is 0. The van der Waals surface area contributed by atoms with Gasteiger partial charge in [0.1, 0.15) is 11.5 Å². The van der Waals surface area contributed by atoms with Crippen LogP contribution in [0, 0.1) is 0 Å². The predicted octanol–water partition coefficient (Wildman–Crippen LogP) is 3.91. The van der Waals surface area contributed by atoms with Gasteiger partial charge in [0.25, 0.3) is 0 Å². The minimum absolute atomic E-state index is 0.109. The average Bonchev–Trinajstić information content (AvgIpc) is 2.66. The Morgan fingerprint density at radius 3 is 2.12 bits per heavy atom. The van der Waals surface area contributed by atoms with E-state index in [9.17, 15) is 9.18 Å². The Bertz CT molecular complexity index is 798. The molecule has 0 amide bonds. The molecular formula is C19H19FO5. The van der Waals surface area contributed by atoms with Gasteiger partial charge in [0.2, 0.25) is 5.78 Å². The molecule has 0 saturated carbocycles. The van der Waals surface area contributed by atoms with Crippen molar-refractivity contribution in [3.63, 3.8) is 0 Å². The van der Waals surface area contributed by atoms with Crippen LogP contribution in [0.1, 0.15) is 15.9 Å². The SMILES string of the molecule is COc1ccc(C(=O)/C(F)=C/c2ccc(OC)c(OC)c2)c(OC)c1. The zero-order valence-electron chi connectivity index (χ0n) is 14.5. The summed E-state index contributed by atoms with van der Waals surface area (Å²) in [7, 11) is 5.89. The van der Waals surface area contributed by atoms with Crippen molar-refractivity contribution in [2.45, 2.75) is 0 Å². The summed E-state index contributed by atoms with van der Waals surface area (Å²) < 4.78 is 35.0. The summed E-state index contributed by atoms with van der Waals surface area (Å²) in [4.78, 5) is 12.4. The van der Waals surface area contributed by atoms with Crippen LogP contribution in [0.3, 0.4) is 0 Å². The molecule has 132 valence electrons. The summed E-state index contributed by atoms with van der Waals surface area (Å²) in [5.41, 5.74) is 0.577. The van der Waals surface area contributed by atoms with Crippen molar-refractivity contribution in [3.8, 4) is 23.0 Å². The highest BCUT2D eigenvalue weighted by molar-refractivity contribution is 6.11. The van der Waals surface area contributed by atoms with Gasteiger partial charge in [0.05, 0.1) is 34.0 Å². The fourth-order valence-electron chi connectivity index (χ4n) is 2.27. The summed E-state index contributed by atoms with van der Waals surface area (Å²) in [6, 6.07) is 9.39. The summed E-state index contributed by atoms with van der Waals surface area (Å²) in [6.07, 6.45) is 1.13. The maximum atomic E-state index is 14.4. The highest BCUT2D eigenvalue weighted by Crippen LogP contribution is 2.30. The van der Waals surface area contributed by atoms with Crippen LogP contribution in [0.2, 0.25) is 0 Å². The number of carbonyl (C=O) groups is 1. The molecule has 0 aliphatic carbocycles. The van der Waals surface area contributed by atoms with E-state index in [1.54, 1.807) is 24.3 Å². The highest BCUT2D eigenvalue weighted by Gasteiger charge is 2.18. The van der Waals surface area contributed by atoms with Gasteiger partial charge in [0, 0.05) is 6.07 Å². The van der Waals surface area contributed by atoms with E-state index in [1.807, 2.05) is 0 Å². The standard InChI is InChI=1S/C19H19FO5/c1-22-13-6-7-14(17(11-13)24-3)19(21)15(20)9-12-5-8-16(23-2)18(10-12)25-4/h5-11H,1-4H3/b15-9-. The average molecular weight is 346 g/mol. The molecular weight excluding hydrogens is 327 g/mol. The molecule has 0 spiro atoms. The quantitative estimate of drug-likeness (QED) is 0.562. The molecule has 2 aromatic rings. The molecule has 5 nitrogen and oxygen atoms in total. The summed E-state index contributed by atoms with van der Waals surface area (Å²) in [5.74, 6) is 0.00426. The largest absolute Gasteiger partial charge is 0.497 e. The molecule has 0 aromatic heterocycles. The lowest BCUT2D eigenvalue weighted by molar-refractivity contribution is 0.100. The Hall–Kier alpha value is -3.02. The fourth-order valence-corrected chi connectivity index (χ4v) is 2.27. The molecule has 2 rings (SSSR count). The van der Waals surface area contributed by atoms with E-state index in [0.717, 1.165) is 6.08 Å². The lowest BCUT2D eigenvalue weighted by atomic mass is 10.1. The highest BCUT2D eigenvalue weighted by atomic mass is 19.1. The number of carbonyl (C=O) groups excluding carboxylic acids is 1. The Morgan fingerprint density at radius 1 is 0.840 bits per heavy atom. The molecule has 0 unspecified atom stereocenters. The second kappa shape index (κ2) is 8.19. The number of methoxy groups -OCH3 is 4. The molecule has 0 N–H and O–H groups in total. The van der Waals surface area contributed by atoms with Gasteiger partial charge in [-0.2, -0.15) is 0 Å². The smallest absolute Gasteiger partial charge is 0.225 e. The first kappa shape index (κ1) is 18.3. The van der Waals surface area contributed by atoms with Crippen LogP contribution >= 0.6 is 0 Å². The van der Waals surface area contributed by atoms with Crippen LogP contribution in [0.4, 0.5) is 4.39 Å². The molecule has 0 atom stereocenters. The second-order valence-electron chi connectivity index (χ2n) is 5.00. The molecule has 0 aliphatic rings. The molecule has 25 heavy (non-hydrogen) atoms. The Kier molecular flexibility index (Phi) is 6.00. The van der Waals surface area contributed by atoms with Crippen molar-refractivity contribution >= 4 is 11.9 Å². The predicted molar refractivity (Wildman–Crippen MR) is 92.5 cm³/mol. The van der Waals surface area contributed by atoms with Gasteiger partial charge in [-0.1, -0.05) is 6.07 Å². The van der Waals surface area contributed by atoms with E-state index < -0.39 is 11.6 Å². The van der Waals surface area contributed by atoms with Crippen LogP contribution in [0.5, 0.6) is 23.0 Å². The number of rotatable bonds is 7. The van der Waals surface area contributed by atoms with Gasteiger partial charge in [-0.3, -0.25) is 4.79 Å². The van der Waals surface area contributed by atoms with Crippen LogP contribution < -0.4 is 18.9 Å². The maximum absolute atomic E-state index is 14.4. The fraction of sp³-hybridized carbons (Fsp3) is 0.211. The third-order valence-electron chi connectivity index (χ3n) is 3.57. The van der Waals surface area contributed by atoms with Gasteiger partial charge < -0.3 is 18.9 Å². The monoisotopic (exact) mass is 346 g/mol. The zero-order valence-corrected chi connectivity index (χ0v) is 14.5. The van der Waals surface area contributed by atoms with Crippen molar-refractivity contribution in [2.75, 3.05) is 28.4 Å². The minimum atomic E-state index is -0.921. The number of ether oxygens (including phenoxy) is 4. The normalized spacial score (nSPS) is 11.0. The van der Waals surface area contributed by atoms with Crippen molar-refractivity contribution in [3.05, 3.63) is 53.4 Å². The van der Waals surface area contributed by atoms with Gasteiger partial charge >= 0.3 is 0 Å². The lowest BCUT2D eigenvalue weighted by Gasteiger charge is -2.09. The van der Waals surface area contributed by atoms with Gasteiger partial charge in [-0.25, -0.2) is 4.39 Å². The first-order valence-corrected chi connectivity index (χ1v) is 7.40. The number of halogens is 1. The Balaban J connectivity index is 2.35. The third-order valence-corrected chi connectivity index (χ3v) is 3.57. The number of hydrogen-bond acceptors (Lipinski definition) is 5. The summed E-state index contributed by atoms with van der Waals surface area (Å²) in [6.45, 7) is 0. The number of allylic oxidation sites excluding steroid dienone is 1. The van der Waals surface area contributed by atoms with Crippen LogP contribution in [0.15, 0.2) is 42.2 Å². The van der Waals surface area contributed by atoms with Gasteiger partial charge in [0.15, 0.2) is 17.3 Å². The van der Waals surface area contributed by atoms with Crippen molar-refractivity contribution in [1.29, 1.82) is 0 Å². The molecule has 0 heterocycles. The Labute approximate surface area is 145 Å². The first-order valence-electron chi connectivity index (χ1n) is 7.40. The van der Waals surface area contributed by atoms with Crippen LogP contribution in [0.25, 0.3) is 6.08 Å². The molecule has 0 aliphatic heterocycles. The van der Waals surface area contributed by atoms with E-state index in [4.69, 9.17) is 18.9 Å². The number of hydrogen-bond donors (Lipinski definition) is 0. The number of ketones is 1. The molecule has 0 fully saturated rings. The number of benzene rings is 2. The molecule has 0 radical (unpaired) electrons. The van der Waals surface area contributed by atoms with Gasteiger partial charge in [-0.15, -0.1) is 0 Å². The van der Waals surface area contributed by atoms with E-state index in [-0.39, 0.29) is 11.3 Å². The second-order valence-corrected chi connectivity index (χ2v) is 5.00. The van der Waals surface area contributed by atoms with Crippen molar-refractivity contribution in [2.24, 2.45) is 0 Å². The number of Topliss-reactive ketones (excluding diaryl/α,β-unsaturated/α-hetero) is 1. The topological polar surface area (TPSA) is 54.0 Å². The van der Waals surface area contributed by atoms with E-state index in [2.05, 4.69) is 0 Å². The van der Waals surface area contributed by atoms with E-state index in [0.29, 0.717) is 22.8 Å². The molecule has 2 aromatic carbocycles. The van der Waals surface area contributed by atoms with Crippen molar-refractivity contribution < 1.29 is 28.1 Å². The lowest BCUT2D eigenvalue weighted by Crippen LogP contribution is -2.03. The molecule has 0 bridgehead atoms. The van der Waals surface area contributed by atoms with Crippen LogP contribution in [-0.2, 0) is 0 Å². The minimum Gasteiger partial charge on any atom is -0.497 e. The zero-order chi connectivity index (χ0) is 18.4. The molecule has 0 saturated heterocycles. The summed E-state index contributed by atoms with van der Waals surface area (Å²) in [5, 5.41) is 0. The first-order chi connectivity index (χ1) is 12.0.